The van der Waals surface area contributed by atoms with Gasteiger partial charge >= 0.3 is 5.97 Å². The Morgan fingerprint density at radius 3 is 2.36 bits per heavy atom. The maximum atomic E-state index is 10.7. The predicted octanol–water partition coefficient (Wildman–Crippen LogP) is 0.938. The summed E-state index contributed by atoms with van der Waals surface area (Å²) < 4.78 is 4.49. The van der Waals surface area contributed by atoms with Gasteiger partial charge in [-0.05, 0) is 12.8 Å². The molecule has 0 spiro atoms. The summed E-state index contributed by atoms with van der Waals surface area (Å²) >= 11 is 0. The second-order valence-electron chi connectivity index (χ2n) is 2.47. The van der Waals surface area contributed by atoms with Crippen LogP contribution < -0.4 is 5.32 Å². The molecule has 0 aliphatic rings. The molecule has 3 heteroatoms. The van der Waals surface area contributed by atoms with Gasteiger partial charge in [0, 0.05) is 6.04 Å². The third-order valence-electron chi connectivity index (χ3n) is 1.75. The minimum Gasteiger partial charge on any atom is -0.468 e. The lowest BCUT2D eigenvalue weighted by Gasteiger charge is -2.12. The Hall–Kier alpha value is -0.570. The minimum atomic E-state index is -0.197. The number of nitrogens with one attached hydrogen (secondary N) is 1. The van der Waals surface area contributed by atoms with Gasteiger partial charge in [0.2, 0.25) is 0 Å². The van der Waals surface area contributed by atoms with Crippen LogP contribution in [0.25, 0.3) is 0 Å². The van der Waals surface area contributed by atoms with Crippen molar-refractivity contribution in [3.63, 3.8) is 0 Å². The average Bonchev–Trinajstić information content (AvgIpc) is 2.06. The van der Waals surface area contributed by atoms with Crippen LogP contribution in [0.15, 0.2) is 0 Å². The van der Waals surface area contributed by atoms with E-state index in [1.807, 2.05) is 0 Å². The monoisotopic (exact) mass is 159 g/mol. The lowest BCUT2D eigenvalue weighted by molar-refractivity contribution is -0.139. The molecule has 3 nitrogen and oxygen atoms in total. The zero-order valence-electron chi connectivity index (χ0n) is 7.52. The van der Waals surface area contributed by atoms with Crippen molar-refractivity contribution in [2.75, 3.05) is 13.7 Å². The van der Waals surface area contributed by atoms with Crippen LogP contribution in [-0.2, 0) is 9.53 Å². The predicted molar refractivity (Wildman–Crippen MR) is 44.4 cm³/mol. The Labute approximate surface area is 68.1 Å². The topological polar surface area (TPSA) is 38.3 Å². The van der Waals surface area contributed by atoms with Gasteiger partial charge in [-0.25, -0.2) is 0 Å². The Morgan fingerprint density at radius 1 is 1.45 bits per heavy atom. The molecule has 0 saturated heterocycles. The van der Waals surface area contributed by atoms with Gasteiger partial charge in [0.25, 0.3) is 0 Å². The molecule has 0 aromatic carbocycles. The normalized spacial score (nSPS) is 10.2. The summed E-state index contributed by atoms with van der Waals surface area (Å²) in [5, 5.41) is 3.10. The van der Waals surface area contributed by atoms with E-state index in [0.29, 0.717) is 12.6 Å². The Bertz CT molecular complexity index is 111. The van der Waals surface area contributed by atoms with E-state index in [-0.39, 0.29) is 5.97 Å². The maximum Gasteiger partial charge on any atom is 0.319 e. The third kappa shape index (κ3) is 4.79. The van der Waals surface area contributed by atoms with Crippen LogP contribution >= 0.6 is 0 Å². The molecule has 0 aliphatic heterocycles. The fourth-order valence-corrected chi connectivity index (χ4v) is 0.877. The van der Waals surface area contributed by atoms with Crippen molar-refractivity contribution in [2.45, 2.75) is 32.7 Å². The van der Waals surface area contributed by atoms with Gasteiger partial charge in [-0.3, -0.25) is 4.79 Å². The minimum absolute atomic E-state index is 0.197. The van der Waals surface area contributed by atoms with Crippen molar-refractivity contribution in [3.8, 4) is 0 Å². The van der Waals surface area contributed by atoms with E-state index >= 15 is 0 Å². The highest BCUT2D eigenvalue weighted by Gasteiger charge is 2.04. The maximum absolute atomic E-state index is 10.7. The van der Waals surface area contributed by atoms with E-state index in [9.17, 15) is 4.79 Å². The standard InChI is InChI=1S/C8H17NO2/c1-4-7(5-2)9-6-8(10)11-3/h7,9H,4-6H2,1-3H3. The van der Waals surface area contributed by atoms with Crippen molar-refractivity contribution in [1.29, 1.82) is 0 Å². The van der Waals surface area contributed by atoms with Crippen LogP contribution in [0.1, 0.15) is 26.7 Å². The quantitative estimate of drug-likeness (QED) is 0.607. The lowest BCUT2D eigenvalue weighted by Crippen LogP contribution is -2.33. The fraction of sp³-hybridized carbons (Fsp3) is 0.875. The molecule has 0 saturated carbocycles. The van der Waals surface area contributed by atoms with Gasteiger partial charge in [0.1, 0.15) is 0 Å². The number of hydrogen-bond donors (Lipinski definition) is 1. The Balaban J connectivity index is 3.42. The zero-order valence-corrected chi connectivity index (χ0v) is 7.52. The summed E-state index contributed by atoms with van der Waals surface area (Å²) in [6.45, 7) is 4.51. The molecule has 0 amide bonds. The molecule has 0 unspecified atom stereocenters. The third-order valence-corrected chi connectivity index (χ3v) is 1.75. The van der Waals surface area contributed by atoms with E-state index in [4.69, 9.17) is 0 Å². The van der Waals surface area contributed by atoms with Crippen LogP contribution in [0.3, 0.4) is 0 Å². The van der Waals surface area contributed by atoms with Gasteiger partial charge in [-0.1, -0.05) is 13.8 Å². The summed E-state index contributed by atoms with van der Waals surface area (Å²) in [7, 11) is 1.40. The number of methoxy groups -OCH3 is 1. The van der Waals surface area contributed by atoms with Gasteiger partial charge in [0.15, 0.2) is 0 Å². The van der Waals surface area contributed by atoms with Crippen LogP contribution in [-0.4, -0.2) is 25.7 Å². The number of carbonyl (C=O) groups is 1. The molecule has 66 valence electrons. The van der Waals surface area contributed by atoms with Gasteiger partial charge < -0.3 is 10.1 Å². The average molecular weight is 159 g/mol. The summed E-state index contributed by atoms with van der Waals surface area (Å²) in [4.78, 5) is 10.7. The summed E-state index contributed by atoms with van der Waals surface area (Å²) in [5.41, 5.74) is 0. The molecule has 11 heavy (non-hydrogen) atoms. The van der Waals surface area contributed by atoms with E-state index in [0.717, 1.165) is 12.8 Å². The van der Waals surface area contributed by atoms with Crippen molar-refractivity contribution < 1.29 is 9.53 Å². The van der Waals surface area contributed by atoms with E-state index in [1.54, 1.807) is 0 Å². The Morgan fingerprint density at radius 2 is 2.00 bits per heavy atom. The van der Waals surface area contributed by atoms with Crippen molar-refractivity contribution in [1.82, 2.24) is 5.32 Å². The highest BCUT2D eigenvalue weighted by molar-refractivity contribution is 5.71. The number of hydrogen-bond acceptors (Lipinski definition) is 3. The molecule has 0 aliphatic carbocycles. The van der Waals surface area contributed by atoms with Gasteiger partial charge in [0.05, 0.1) is 13.7 Å². The molecule has 0 aromatic rings. The summed E-state index contributed by atoms with van der Waals surface area (Å²) in [6, 6.07) is 0.439. The molecule has 0 rings (SSSR count). The van der Waals surface area contributed by atoms with E-state index < -0.39 is 0 Å². The number of rotatable bonds is 5. The summed E-state index contributed by atoms with van der Waals surface area (Å²) in [5.74, 6) is -0.197. The first-order chi connectivity index (χ1) is 5.24. The summed E-state index contributed by atoms with van der Waals surface area (Å²) in [6.07, 6.45) is 2.10. The largest absolute Gasteiger partial charge is 0.468 e. The second-order valence-corrected chi connectivity index (χ2v) is 2.47. The molecule has 0 atom stereocenters. The molecule has 0 aromatic heterocycles. The molecule has 1 N–H and O–H groups in total. The number of carbonyl (C=O) groups excluding carboxylic acids is 1. The fourth-order valence-electron chi connectivity index (χ4n) is 0.877. The second kappa shape index (κ2) is 6.16. The van der Waals surface area contributed by atoms with Gasteiger partial charge in [-0.15, -0.1) is 0 Å². The first-order valence-electron chi connectivity index (χ1n) is 4.04. The highest BCUT2D eigenvalue weighted by atomic mass is 16.5. The van der Waals surface area contributed by atoms with Crippen molar-refractivity contribution in [3.05, 3.63) is 0 Å². The molecular weight excluding hydrogens is 142 g/mol. The van der Waals surface area contributed by atoms with E-state index in [2.05, 4.69) is 23.9 Å². The van der Waals surface area contributed by atoms with Crippen LogP contribution in [0.2, 0.25) is 0 Å². The SMILES string of the molecule is CCC(CC)NCC(=O)OC. The van der Waals surface area contributed by atoms with Crippen LogP contribution in [0.4, 0.5) is 0 Å². The molecule has 0 bridgehead atoms. The van der Waals surface area contributed by atoms with Crippen molar-refractivity contribution >= 4 is 5.97 Å². The molecule has 0 fully saturated rings. The van der Waals surface area contributed by atoms with Crippen LogP contribution in [0.5, 0.6) is 0 Å². The van der Waals surface area contributed by atoms with Crippen molar-refractivity contribution in [2.24, 2.45) is 0 Å². The zero-order chi connectivity index (χ0) is 8.69. The van der Waals surface area contributed by atoms with Gasteiger partial charge in [-0.2, -0.15) is 0 Å². The molecule has 0 radical (unpaired) electrons. The first-order valence-corrected chi connectivity index (χ1v) is 4.04. The number of ether oxygens (including phenoxy) is 1. The Kier molecular flexibility index (Phi) is 5.84. The first kappa shape index (κ1) is 10.4. The number of esters is 1. The highest BCUT2D eigenvalue weighted by Crippen LogP contribution is 1.94. The molecular formula is C8H17NO2. The van der Waals surface area contributed by atoms with Crippen LogP contribution in [0, 0.1) is 0 Å². The molecule has 0 heterocycles. The lowest BCUT2D eigenvalue weighted by atomic mass is 10.2. The van der Waals surface area contributed by atoms with E-state index in [1.165, 1.54) is 7.11 Å². The smallest absolute Gasteiger partial charge is 0.319 e.